The molecule has 0 saturated carbocycles. The minimum absolute atomic E-state index is 0.0235. The molecule has 0 atom stereocenters. The maximum absolute atomic E-state index is 11.7. The van der Waals surface area contributed by atoms with Crippen LogP contribution >= 0.6 is 0 Å². The van der Waals surface area contributed by atoms with E-state index in [1.165, 1.54) is 67.6 Å². The van der Waals surface area contributed by atoms with Crippen molar-refractivity contribution in [3.05, 3.63) is 406 Å². The topological polar surface area (TPSA) is 71.1 Å². The van der Waals surface area contributed by atoms with E-state index in [0.29, 0.717) is 32.5 Å². The van der Waals surface area contributed by atoms with Crippen LogP contribution < -0.4 is 18.9 Å². The third-order valence-electron chi connectivity index (χ3n) is 25.0. The minimum Gasteiger partial charge on any atom is -0.497 e. The van der Waals surface area contributed by atoms with Gasteiger partial charge in [0, 0.05) is 46.1 Å². The largest absolute Gasteiger partial charge is 0.497 e. The predicted octanol–water partition coefficient (Wildman–Crippen LogP) is 38.0. The van der Waals surface area contributed by atoms with Gasteiger partial charge in [0.2, 0.25) is 0 Å². The zero-order valence-corrected chi connectivity index (χ0v) is 96.4. The van der Waals surface area contributed by atoms with E-state index >= 15 is 0 Å². The average Bonchev–Trinajstić information content (AvgIpc) is 0.733. The monoisotopic (exact) mass is 1910 g/mol. The first-order valence-corrected chi connectivity index (χ1v) is 54.2. The van der Waals surface area contributed by atoms with E-state index in [-0.39, 0.29) is 54.5 Å². The number of Topliss-reactive ketones (excluding diaryl/α,β-unsaturated/α-hetero) is 2. The smallest absolute Gasteiger partial charge is 0.168 e. The zero-order chi connectivity index (χ0) is 106. The Balaban J connectivity index is 0.000000417. The van der Waals surface area contributed by atoms with Crippen LogP contribution in [0.25, 0.3) is 0 Å². The van der Waals surface area contributed by atoms with E-state index in [0.717, 1.165) is 41.4 Å². The molecule has 0 aliphatic heterocycles. The van der Waals surface area contributed by atoms with Gasteiger partial charge in [-0.05, 0) is 166 Å². The minimum atomic E-state index is -0.859. The molecule has 0 aromatic heterocycles. The molecule has 140 heavy (non-hydrogen) atoms. The molecule has 0 N–H and O–H groups in total. The highest BCUT2D eigenvalue weighted by molar-refractivity contribution is 6.78. The van der Waals surface area contributed by atoms with Gasteiger partial charge in [-0.2, -0.15) is 0 Å². The molecule has 0 radical (unpaired) electrons. The maximum Gasteiger partial charge on any atom is 0.168 e. The molecule has 7 heteroatoms. The second kappa shape index (κ2) is 54.0. The number of methoxy groups -OCH3 is 4. The lowest BCUT2D eigenvalue weighted by Gasteiger charge is -2.47. The fourth-order valence-electron chi connectivity index (χ4n) is 16.8. The SMILES string of the molecule is CC(C)(C)C.CC(C)(C)C(=O)C(C)(C)C.CC(C)(C)C(=O)c1ccccc1.CC(C)(C)C(c1ccccc1)(c1ccccc1)c1ccccc1.CC(C)(C)Cc1ccccc1.CC(C)(C)[Si](C)(C)C.CCC(C)(C)C.COc1ccc(C(c2ccccc2)(c2ccc(OC)cc2)C(C)(C)C)cc1.COc1ccc(C(c2ccccc2)(c2ccccc2)C(C)(C)C)cc1.COc1ccc(CC(C)(C)C)cc1. The van der Waals surface area contributed by atoms with Crippen molar-refractivity contribution in [3.8, 4) is 23.0 Å². The van der Waals surface area contributed by atoms with E-state index in [4.69, 9.17) is 18.9 Å². The standard InChI is InChI=1S/C25H28O2.C24H26O.C23H24.C12H18O.C11H14O.C11H16.C9H18O.C7H18Si.C6H14.C5H12/c1-24(2,3)25(19-9-7-6-8-10-19,20-11-15-22(26-4)16-12-20)21-13-17-23(27-5)18-14-21;1-23(2,3)24(19-11-7-5-8-12-19,20-13-9-6-10-14-20)21-15-17-22(25-4)18-16-21;1-22(2,3)23(19-13-7-4-8-14-19,20-15-9-5-10-16-20)21-17-11-6-12-18-21;1-12(2,3)9-10-5-7-11(13-4)8-6-10;1-11(2,3)10(12)9-7-5-4-6-8-9;1-11(2,3)9-10-7-5-4-6-8-10;1-8(2,3)7(10)9(4,5)6;1-7(2,3)8(4,5)6;1-5-6(2,3)4;1-5(2,3)4/h6-18H,1-5H3;5-18H,1-4H3;4-18H,1-3H3;5-8H,9H2,1-4H3;4-8H,1-3H3;4-8H,9H2,1-3H3;1-6H3;1-6H3;5H2,1-4H3;1-4H3. The molecule has 0 saturated heterocycles. The normalized spacial score (nSPS) is 12.1. The molecule has 0 aliphatic carbocycles. The van der Waals surface area contributed by atoms with Gasteiger partial charge in [-0.1, -0.05) is 560 Å². The molecule has 0 bridgehead atoms. The quantitative estimate of drug-likeness (QED) is 0.0545. The molecular formula is C133H188O6Si. The molecule has 6 nitrogen and oxygen atoms in total. The molecular weight excluding hydrogens is 1720 g/mol. The van der Waals surface area contributed by atoms with Gasteiger partial charge in [0.05, 0.1) is 28.4 Å². The van der Waals surface area contributed by atoms with Crippen molar-refractivity contribution >= 4 is 19.6 Å². The highest BCUT2D eigenvalue weighted by Crippen LogP contribution is 2.55. The second-order valence-corrected chi connectivity index (χ2v) is 56.4. The first-order chi connectivity index (χ1) is 64.6. The summed E-state index contributed by atoms with van der Waals surface area (Å²) in [6.07, 6.45) is 3.54. The van der Waals surface area contributed by atoms with Crippen molar-refractivity contribution in [2.24, 2.45) is 54.1 Å². The number of hydrogen-bond acceptors (Lipinski definition) is 6. The van der Waals surface area contributed by atoms with Crippen LogP contribution in [0.15, 0.2) is 340 Å². The molecule has 0 spiro atoms. The molecule has 0 fully saturated rings. The van der Waals surface area contributed by atoms with Crippen LogP contribution in [-0.4, -0.2) is 48.1 Å². The summed E-state index contributed by atoms with van der Waals surface area (Å²) in [7, 11) is 5.95. The summed E-state index contributed by atoms with van der Waals surface area (Å²) >= 11 is 0. The first kappa shape index (κ1) is 124. The summed E-state index contributed by atoms with van der Waals surface area (Å²) in [5.74, 6) is 4.06. The Morgan fingerprint density at radius 2 is 0.393 bits per heavy atom. The van der Waals surface area contributed by atoms with Gasteiger partial charge in [0.15, 0.2) is 5.78 Å². The molecule has 12 rings (SSSR count). The third kappa shape index (κ3) is 39.7. The van der Waals surface area contributed by atoms with E-state index in [2.05, 4.69) is 473 Å². The Hall–Kier alpha value is -10.6. The van der Waals surface area contributed by atoms with Crippen LogP contribution in [0.5, 0.6) is 23.0 Å². The van der Waals surface area contributed by atoms with Crippen molar-refractivity contribution in [2.75, 3.05) is 28.4 Å². The van der Waals surface area contributed by atoms with E-state index < -0.39 is 8.07 Å². The van der Waals surface area contributed by atoms with Crippen LogP contribution in [0.2, 0.25) is 24.7 Å². The average molecular weight is 1910 g/mol. The molecule has 0 unspecified atom stereocenters. The Bertz CT molecular complexity index is 5170. The van der Waals surface area contributed by atoms with Gasteiger partial charge in [0.25, 0.3) is 0 Å². The number of rotatable bonds is 16. The van der Waals surface area contributed by atoms with Crippen LogP contribution in [0.1, 0.15) is 320 Å². The lowest BCUT2D eigenvalue weighted by atomic mass is 9.56. The summed E-state index contributed by atoms with van der Waals surface area (Å²) in [4.78, 5) is 23.2. The molecule has 0 aliphatic rings. The van der Waals surface area contributed by atoms with Gasteiger partial charge in [-0.3, -0.25) is 9.59 Å². The van der Waals surface area contributed by atoms with Crippen LogP contribution in [-0.2, 0) is 33.9 Å². The van der Waals surface area contributed by atoms with Crippen LogP contribution in [0, 0.1) is 54.1 Å². The van der Waals surface area contributed by atoms with Crippen LogP contribution in [0.3, 0.4) is 0 Å². The number of ketones is 2. The predicted molar refractivity (Wildman–Crippen MR) is 613 cm³/mol. The Labute approximate surface area is 857 Å². The van der Waals surface area contributed by atoms with Crippen molar-refractivity contribution in [1.82, 2.24) is 0 Å². The third-order valence-corrected chi connectivity index (χ3v) is 29.5. The Morgan fingerprint density at radius 3 is 0.536 bits per heavy atom. The first-order valence-electron chi connectivity index (χ1n) is 50.7. The molecule has 760 valence electrons. The fourth-order valence-corrected chi connectivity index (χ4v) is 16.8. The number of ether oxygens (including phenoxy) is 4. The number of hydrogen-bond donors (Lipinski definition) is 0. The van der Waals surface area contributed by atoms with Gasteiger partial charge in [0.1, 0.15) is 28.8 Å². The number of carbonyl (C=O) groups is 2. The second-order valence-electron chi connectivity index (χ2n) is 50.4. The number of carbonyl (C=O) groups excluding carboxylic acids is 2. The van der Waals surface area contributed by atoms with E-state index in [9.17, 15) is 9.59 Å². The molecule has 0 heterocycles. The van der Waals surface area contributed by atoms with Crippen LogP contribution in [0.4, 0.5) is 0 Å². The summed E-state index contributed by atoms with van der Waals surface area (Å²) in [6.45, 7) is 83.9. The Morgan fingerprint density at radius 1 is 0.229 bits per heavy atom. The van der Waals surface area contributed by atoms with Gasteiger partial charge in [-0.25, -0.2) is 0 Å². The summed E-state index contributed by atoms with van der Waals surface area (Å²) in [5.41, 5.74) is 15.6. The van der Waals surface area contributed by atoms with Gasteiger partial charge < -0.3 is 18.9 Å². The highest BCUT2D eigenvalue weighted by Gasteiger charge is 2.49. The molecule has 0 amide bonds. The highest BCUT2D eigenvalue weighted by atomic mass is 28.3. The van der Waals surface area contributed by atoms with E-state index in [1.807, 2.05) is 129 Å². The summed E-state index contributed by atoms with van der Waals surface area (Å²) < 4.78 is 21.3. The van der Waals surface area contributed by atoms with Crippen molar-refractivity contribution in [1.29, 1.82) is 0 Å². The lowest BCUT2D eigenvalue weighted by Crippen LogP contribution is -2.42. The van der Waals surface area contributed by atoms with E-state index in [1.54, 1.807) is 28.4 Å². The summed E-state index contributed by atoms with van der Waals surface area (Å²) in [5, 5.41) is 0.576. The lowest BCUT2D eigenvalue weighted by molar-refractivity contribution is -0.134. The molecule has 12 aromatic carbocycles. The van der Waals surface area contributed by atoms with Gasteiger partial charge >= 0.3 is 0 Å². The fraction of sp³-hybridized carbons (Fsp3) is 0.444. The summed E-state index contributed by atoms with van der Waals surface area (Å²) in [6, 6.07) is 119. The Kier molecular flexibility index (Phi) is 47.7. The maximum atomic E-state index is 11.7. The van der Waals surface area contributed by atoms with Gasteiger partial charge in [-0.15, -0.1) is 0 Å². The zero-order valence-electron chi connectivity index (χ0n) is 95.4. The van der Waals surface area contributed by atoms with Crippen molar-refractivity contribution < 1.29 is 28.5 Å². The van der Waals surface area contributed by atoms with Crippen molar-refractivity contribution in [3.63, 3.8) is 0 Å². The van der Waals surface area contributed by atoms with Crippen molar-refractivity contribution in [2.45, 2.75) is 303 Å². The molecule has 12 aromatic rings. The number of benzene rings is 12.